The molecule has 2 atom stereocenters. The zero-order chi connectivity index (χ0) is 70.0. The Bertz CT molecular complexity index is 2510. The van der Waals surface area contributed by atoms with Crippen LogP contribution in [0.2, 0.25) is 0 Å². The fourth-order valence-electron chi connectivity index (χ4n) is 19.6. The number of aromatic hydroxyl groups is 2. The Hall–Kier alpha value is -3.18. The Labute approximate surface area is 559 Å². The SMILES string of the molecule is CCC(Cc1cc(C(C)(C)C)c(O)c(C(C)(C)C)c1)C(OC(=O)CC(=O)OC(C(CC)Cc1cc(C(C)(C)C)c(O)c(C(C)(C)C)c1)(C1CC(C)(C)N(C)C(C)(C)C1)C1CC(C)(C)N(C)C(C)(C)C1)(C1CC(C)(C)N(C)C(C)(C)C1)C1CC(C)(C)N(C)C(C)(C)C1. The number of piperidine rings is 4. The Morgan fingerprint density at radius 3 is 0.725 bits per heavy atom. The molecular formula is C81H140N4O6. The zero-order valence-electron chi connectivity index (χ0n) is 65.3. The number of esters is 2. The highest BCUT2D eigenvalue weighted by molar-refractivity contribution is 5.91. The predicted molar refractivity (Wildman–Crippen MR) is 383 cm³/mol. The number of rotatable bonds is 16. The van der Waals surface area contributed by atoms with Gasteiger partial charge in [0.2, 0.25) is 0 Å². The summed E-state index contributed by atoms with van der Waals surface area (Å²) in [6.45, 7) is 68.7. The summed E-state index contributed by atoms with van der Waals surface area (Å²) in [5, 5.41) is 24.4. The van der Waals surface area contributed by atoms with E-state index < -0.39 is 29.6 Å². The highest BCUT2D eigenvalue weighted by Crippen LogP contribution is 2.60. The van der Waals surface area contributed by atoms with Crippen molar-refractivity contribution in [1.82, 2.24) is 19.6 Å². The van der Waals surface area contributed by atoms with Gasteiger partial charge in [0, 0.05) is 79.8 Å². The third-order valence-electron chi connectivity index (χ3n) is 25.5. The summed E-state index contributed by atoms with van der Waals surface area (Å²) in [6.07, 6.45) is 8.70. The van der Waals surface area contributed by atoms with Gasteiger partial charge in [-0.05, 0) is 271 Å². The highest BCUT2D eigenvalue weighted by Gasteiger charge is 2.65. The van der Waals surface area contributed by atoms with Gasteiger partial charge in [0.25, 0.3) is 0 Å². The number of hydrogen-bond acceptors (Lipinski definition) is 10. The van der Waals surface area contributed by atoms with Gasteiger partial charge in [-0.3, -0.25) is 29.2 Å². The maximum atomic E-state index is 16.6. The Balaban J connectivity index is 1.67. The molecule has 91 heavy (non-hydrogen) atoms. The first-order chi connectivity index (χ1) is 40.7. The van der Waals surface area contributed by atoms with Gasteiger partial charge in [0.15, 0.2) is 0 Å². The monoisotopic (exact) mass is 1270 g/mol. The molecule has 0 amide bonds. The minimum Gasteiger partial charge on any atom is -0.507 e. The number of ether oxygens (including phenoxy) is 2. The van der Waals surface area contributed by atoms with Crippen LogP contribution in [0.15, 0.2) is 24.3 Å². The molecule has 0 aliphatic carbocycles. The van der Waals surface area contributed by atoms with E-state index in [1.807, 2.05) is 0 Å². The lowest BCUT2D eigenvalue weighted by Gasteiger charge is -2.64. The van der Waals surface area contributed by atoms with Crippen molar-refractivity contribution < 1.29 is 29.3 Å². The van der Waals surface area contributed by atoms with Crippen molar-refractivity contribution in [1.29, 1.82) is 0 Å². The lowest BCUT2D eigenvalue weighted by atomic mass is 9.54. The average molecular weight is 1270 g/mol. The molecule has 4 fully saturated rings. The molecule has 4 heterocycles. The van der Waals surface area contributed by atoms with Crippen LogP contribution in [0.3, 0.4) is 0 Å². The number of phenolic OH excluding ortho intramolecular Hbond substituents is 2. The first-order valence-electron chi connectivity index (χ1n) is 35.8. The minimum absolute atomic E-state index is 0.0721. The van der Waals surface area contributed by atoms with E-state index in [1.165, 1.54) is 0 Å². The number of carbonyl (C=O) groups is 2. The van der Waals surface area contributed by atoms with E-state index >= 15 is 9.59 Å². The van der Waals surface area contributed by atoms with E-state index in [9.17, 15) is 10.2 Å². The van der Waals surface area contributed by atoms with E-state index in [2.05, 4.69) is 280 Å². The summed E-state index contributed by atoms with van der Waals surface area (Å²) in [4.78, 5) is 43.3. The molecule has 0 bridgehead atoms. The Kier molecular flexibility index (Phi) is 21.1. The van der Waals surface area contributed by atoms with Gasteiger partial charge in [-0.15, -0.1) is 0 Å². The van der Waals surface area contributed by atoms with Crippen molar-refractivity contribution in [2.45, 2.75) is 368 Å². The standard InChI is InChI=1S/C81H140N4O6/c1-35-54(37-52-39-60(68(3,4)5)66(88)61(40-52)69(6,7)8)80(56-44-72(15,16)82(31)73(17,18)45-56,57-46-74(19,20)83(32)75(21,22)47-57)90-64(86)43-65(87)91-81(58-48-76(23,24)84(33)77(25,26)49-58,59-50-78(27,28)85(34)79(29,30)51-59)55(36-2)38-53-41-62(70(9,10)11)67(89)63(42-53)71(12,13)14/h39-42,54-59,88-89H,35-38,43-51H2,1-34H3. The molecule has 10 nitrogen and oxygen atoms in total. The van der Waals surface area contributed by atoms with Crippen molar-refractivity contribution >= 4 is 11.9 Å². The lowest BCUT2D eigenvalue weighted by Crippen LogP contribution is -2.69. The van der Waals surface area contributed by atoms with Gasteiger partial charge in [-0.1, -0.05) is 121 Å². The number of likely N-dealkylation sites (tertiary alicyclic amines) is 4. The smallest absolute Gasteiger partial charge is 0.317 e. The first kappa shape index (κ1) is 76.8. The quantitative estimate of drug-likeness (QED) is 0.125. The summed E-state index contributed by atoms with van der Waals surface area (Å²) < 4.78 is 15.9. The van der Waals surface area contributed by atoms with Crippen LogP contribution in [0.5, 0.6) is 11.5 Å². The van der Waals surface area contributed by atoms with E-state index in [4.69, 9.17) is 9.47 Å². The van der Waals surface area contributed by atoms with E-state index in [0.717, 1.165) is 97.6 Å². The molecule has 4 aliphatic rings. The predicted octanol–water partition coefficient (Wildman–Crippen LogP) is 18.7. The van der Waals surface area contributed by atoms with Crippen molar-refractivity contribution in [3.8, 4) is 11.5 Å². The molecule has 4 aliphatic heterocycles. The number of nitrogens with zero attached hydrogens (tertiary/aromatic N) is 4. The van der Waals surface area contributed by atoms with Crippen molar-refractivity contribution in [3.63, 3.8) is 0 Å². The Morgan fingerprint density at radius 1 is 0.396 bits per heavy atom. The maximum Gasteiger partial charge on any atom is 0.317 e. The molecule has 520 valence electrons. The molecule has 0 spiro atoms. The third kappa shape index (κ3) is 15.2. The lowest BCUT2D eigenvalue weighted by molar-refractivity contribution is -0.229. The van der Waals surface area contributed by atoms with Gasteiger partial charge < -0.3 is 19.7 Å². The number of hydrogen-bond donors (Lipinski definition) is 2. The van der Waals surface area contributed by atoms with Crippen molar-refractivity contribution in [2.24, 2.45) is 35.5 Å². The van der Waals surface area contributed by atoms with Crippen LogP contribution in [0.25, 0.3) is 0 Å². The molecular weight excluding hydrogens is 1120 g/mol. The number of phenols is 2. The van der Waals surface area contributed by atoms with E-state index in [1.54, 1.807) is 0 Å². The molecule has 0 radical (unpaired) electrons. The molecule has 10 heteroatoms. The Morgan fingerprint density at radius 2 is 0.571 bits per heavy atom. The molecule has 2 N–H and O–H groups in total. The average Bonchev–Trinajstić information content (AvgIpc) is 0.723. The molecule has 2 aromatic rings. The number of benzene rings is 2. The second-order valence-electron chi connectivity index (χ2n) is 39.7. The minimum atomic E-state index is -1.03. The second-order valence-corrected chi connectivity index (χ2v) is 39.7. The third-order valence-corrected chi connectivity index (χ3v) is 25.5. The van der Waals surface area contributed by atoms with Crippen LogP contribution >= 0.6 is 0 Å². The summed E-state index contributed by atoms with van der Waals surface area (Å²) in [7, 11) is 9.06. The molecule has 2 unspecified atom stereocenters. The molecule has 2 aromatic carbocycles. The van der Waals surface area contributed by atoms with E-state index in [-0.39, 0.29) is 101 Å². The molecule has 4 saturated heterocycles. The molecule has 0 aromatic heterocycles. The van der Waals surface area contributed by atoms with Gasteiger partial charge in [0.05, 0.1) is 0 Å². The van der Waals surface area contributed by atoms with E-state index in [0.29, 0.717) is 24.3 Å². The molecule has 0 saturated carbocycles. The van der Waals surface area contributed by atoms with Crippen LogP contribution in [-0.4, -0.2) is 125 Å². The van der Waals surface area contributed by atoms with Crippen LogP contribution in [0.1, 0.15) is 312 Å². The van der Waals surface area contributed by atoms with Crippen LogP contribution in [0.4, 0.5) is 0 Å². The van der Waals surface area contributed by atoms with Crippen LogP contribution in [-0.2, 0) is 53.6 Å². The van der Waals surface area contributed by atoms with Crippen LogP contribution in [0, 0.1) is 35.5 Å². The normalized spacial score (nSPS) is 24.0. The van der Waals surface area contributed by atoms with Gasteiger partial charge in [0.1, 0.15) is 29.1 Å². The fraction of sp³-hybridized carbons (Fsp3) is 0.827. The van der Waals surface area contributed by atoms with Gasteiger partial charge in [-0.25, -0.2) is 0 Å². The fourth-order valence-corrected chi connectivity index (χ4v) is 19.6. The topological polar surface area (TPSA) is 106 Å². The van der Waals surface area contributed by atoms with Gasteiger partial charge >= 0.3 is 11.9 Å². The maximum absolute atomic E-state index is 16.6. The first-order valence-corrected chi connectivity index (χ1v) is 35.8. The second kappa shape index (κ2) is 25.0. The van der Waals surface area contributed by atoms with Crippen LogP contribution < -0.4 is 0 Å². The molecule has 6 rings (SSSR count). The summed E-state index contributed by atoms with van der Waals surface area (Å²) >= 11 is 0. The van der Waals surface area contributed by atoms with Crippen molar-refractivity contribution in [2.75, 3.05) is 28.2 Å². The van der Waals surface area contributed by atoms with Crippen molar-refractivity contribution in [3.05, 3.63) is 57.6 Å². The summed E-state index contributed by atoms with van der Waals surface area (Å²) in [6, 6.07) is 8.98. The zero-order valence-corrected chi connectivity index (χ0v) is 65.3. The summed E-state index contributed by atoms with van der Waals surface area (Å²) in [5.41, 5.74) is 0.520. The number of carbonyl (C=O) groups excluding carboxylic acids is 2. The summed E-state index contributed by atoms with van der Waals surface area (Å²) in [5.74, 6) is -0.879. The van der Waals surface area contributed by atoms with Gasteiger partial charge in [-0.2, -0.15) is 0 Å². The largest absolute Gasteiger partial charge is 0.507 e. The highest BCUT2D eigenvalue weighted by atomic mass is 16.6.